The SMILES string of the molecule is CC(C)(C)OC(=O)N1[C@@H]2C=C[C@H]1CC(C#N)(c1cncc(I)c1)C2.CC(C)(C)OC(=O)N1[C@@H]2C=C[C@H]1CC(C#N)C2. The molecule has 1 aromatic rings. The van der Waals surface area contributed by atoms with Gasteiger partial charge in [-0.25, -0.2) is 9.59 Å². The van der Waals surface area contributed by atoms with E-state index in [2.05, 4.69) is 39.7 Å². The number of halogens is 1. The van der Waals surface area contributed by atoms with Crippen LogP contribution in [0.2, 0.25) is 0 Å². The summed E-state index contributed by atoms with van der Waals surface area (Å²) >= 11 is 2.21. The fraction of sp³-hybridized carbons (Fsp3) is 0.581. The van der Waals surface area contributed by atoms with Gasteiger partial charge in [-0.15, -0.1) is 0 Å². The molecule has 0 aliphatic carbocycles. The molecule has 6 atom stereocenters. The molecule has 0 saturated carbocycles. The molecule has 2 amide bonds. The minimum absolute atomic E-state index is 0.0354. The second kappa shape index (κ2) is 11.6. The summed E-state index contributed by atoms with van der Waals surface area (Å²) in [6.45, 7) is 11.2. The Morgan fingerprint density at radius 2 is 1.34 bits per heavy atom. The minimum Gasteiger partial charge on any atom is -0.444 e. The van der Waals surface area contributed by atoms with Crippen LogP contribution in [0.25, 0.3) is 0 Å². The monoisotopic (exact) mass is 671 g/mol. The van der Waals surface area contributed by atoms with E-state index in [1.54, 1.807) is 22.2 Å². The first kappa shape index (κ1) is 30.8. The van der Waals surface area contributed by atoms with Crippen molar-refractivity contribution < 1.29 is 19.1 Å². The molecule has 9 nitrogen and oxygen atoms in total. The van der Waals surface area contributed by atoms with E-state index in [-0.39, 0.29) is 42.3 Å². The smallest absolute Gasteiger partial charge is 0.411 e. The highest BCUT2D eigenvalue weighted by molar-refractivity contribution is 14.1. The summed E-state index contributed by atoms with van der Waals surface area (Å²) < 4.78 is 11.9. The summed E-state index contributed by atoms with van der Waals surface area (Å²) in [6.07, 6.45) is 13.6. The molecule has 0 radical (unpaired) electrons. The first-order valence-electron chi connectivity index (χ1n) is 14.0. The maximum absolute atomic E-state index is 12.5. The molecule has 2 fully saturated rings. The molecule has 10 heteroatoms. The van der Waals surface area contributed by atoms with Gasteiger partial charge in [0.05, 0.1) is 47.6 Å². The first-order chi connectivity index (χ1) is 19.1. The van der Waals surface area contributed by atoms with Crippen LogP contribution in [-0.4, -0.2) is 62.3 Å². The van der Waals surface area contributed by atoms with Crippen molar-refractivity contribution in [1.29, 1.82) is 10.5 Å². The van der Waals surface area contributed by atoms with E-state index in [4.69, 9.17) is 14.7 Å². The van der Waals surface area contributed by atoms with Crippen LogP contribution >= 0.6 is 22.6 Å². The van der Waals surface area contributed by atoms with Gasteiger partial charge < -0.3 is 9.47 Å². The summed E-state index contributed by atoms with van der Waals surface area (Å²) in [5, 5.41) is 18.9. The highest BCUT2D eigenvalue weighted by Gasteiger charge is 2.50. The lowest BCUT2D eigenvalue weighted by Gasteiger charge is -2.43. The fourth-order valence-electron chi connectivity index (χ4n) is 5.91. The van der Waals surface area contributed by atoms with Gasteiger partial charge in [0.15, 0.2) is 0 Å². The lowest BCUT2D eigenvalue weighted by atomic mass is 9.71. The lowest BCUT2D eigenvalue weighted by molar-refractivity contribution is 0.00517. The number of carbonyl (C=O) groups is 2. The third-order valence-corrected chi connectivity index (χ3v) is 8.16. The molecule has 5 rings (SSSR count). The van der Waals surface area contributed by atoms with E-state index >= 15 is 0 Å². The van der Waals surface area contributed by atoms with Crippen LogP contribution in [0.1, 0.15) is 72.8 Å². The molecule has 218 valence electrons. The van der Waals surface area contributed by atoms with E-state index in [1.807, 2.05) is 71.9 Å². The van der Waals surface area contributed by atoms with Crippen molar-refractivity contribution in [3.05, 3.63) is 51.9 Å². The van der Waals surface area contributed by atoms with Gasteiger partial charge in [0.2, 0.25) is 0 Å². The number of amides is 2. The number of ether oxygens (including phenoxy) is 2. The maximum atomic E-state index is 12.5. The van der Waals surface area contributed by atoms with E-state index < -0.39 is 16.6 Å². The number of nitriles is 2. The highest BCUT2D eigenvalue weighted by Crippen LogP contribution is 2.44. The van der Waals surface area contributed by atoms with Crippen molar-refractivity contribution in [3.8, 4) is 12.1 Å². The maximum Gasteiger partial charge on any atom is 0.411 e. The zero-order chi connectivity index (χ0) is 30.2. The van der Waals surface area contributed by atoms with Crippen molar-refractivity contribution in [2.45, 2.75) is 108 Å². The van der Waals surface area contributed by atoms with Crippen molar-refractivity contribution in [3.63, 3.8) is 0 Å². The van der Waals surface area contributed by atoms with Crippen LogP contribution in [0, 0.1) is 32.2 Å². The van der Waals surface area contributed by atoms with Crippen molar-refractivity contribution in [1.82, 2.24) is 14.8 Å². The predicted octanol–water partition coefficient (Wildman–Crippen LogP) is 6.25. The van der Waals surface area contributed by atoms with Crippen LogP contribution in [0.15, 0.2) is 42.8 Å². The minimum atomic E-state index is -0.620. The Hall–Kier alpha value is -3.12. The summed E-state index contributed by atoms with van der Waals surface area (Å²) in [6, 6.07) is 6.66. The Morgan fingerprint density at radius 3 is 1.76 bits per heavy atom. The molecule has 0 aromatic carbocycles. The topological polar surface area (TPSA) is 120 Å². The number of hydrogen-bond acceptors (Lipinski definition) is 7. The summed E-state index contributed by atoms with van der Waals surface area (Å²) in [4.78, 5) is 32.4. The van der Waals surface area contributed by atoms with E-state index in [0.29, 0.717) is 12.8 Å². The van der Waals surface area contributed by atoms with Gasteiger partial charge in [-0.2, -0.15) is 10.5 Å². The van der Waals surface area contributed by atoms with Gasteiger partial charge in [0.25, 0.3) is 0 Å². The van der Waals surface area contributed by atoms with E-state index in [1.165, 1.54) is 0 Å². The zero-order valence-electron chi connectivity index (χ0n) is 24.5. The molecular weight excluding hydrogens is 633 g/mol. The largest absolute Gasteiger partial charge is 0.444 e. The van der Waals surface area contributed by atoms with Gasteiger partial charge in [-0.1, -0.05) is 24.3 Å². The highest BCUT2D eigenvalue weighted by atomic mass is 127. The molecule has 2 saturated heterocycles. The second-order valence-electron chi connectivity index (χ2n) is 13.1. The van der Waals surface area contributed by atoms with Crippen molar-refractivity contribution >= 4 is 34.8 Å². The van der Waals surface area contributed by atoms with Crippen LogP contribution in [-0.2, 0) is 14.9 Å². The van der Waals surface area contributed by atoms with Crippen molar-refractivity contribution in [2.75, 3.05) is 0 Å². The first-order valence-corrected chi connectivity index (χ1v) is 15.0. The second-order valence-corrected chi connectivity index (χ2v) is 14.4. The number of fused-ring (bicyclic) bond motifs is 4. The Kier molecular flexibility index (Phi) is 8.75. The molecular formula is C31H38IN5O4. The number of carbonyl (C=O) groups excluding carboxylic acids is 2. The van der Waals surface area contributed by atoms with Gasteiger partial charge in [-0.3, -0.25) is 14.8 Å². The molecule has 2 unspecified atom stereocenters. The average Bonchev–Trinajstić information content (AvgIpc) is 3.31. The zero-order valence-corrected chi connectivity index (χ0v) is 26.7. The molecule has 41 heavy (non-hydrogen) atoms. The van der Waals surface area contributed by atoms with Crippen LogP contribution in [0.4, 0.5) is 9.59 Å². The molecule has 1 aromatic heterocycles. The Balaban J connectivity index is 0.000000201. The fourth-order valence-corrected chi connectivity index (χ4v) is 6.41. The Labute approximate surface area is 256 Å². The van der Waals surface area contributed by atoms with E-state index in [0.717, 1.165) is 22.0 Å². The molecule has 4 aliphatic rings. The lowest BCUT2D eigenvalue weighted by Crippen LogP contribution is -2.53. The van der Waals surface area contributed by atoms with Crippen LogP contribution in [0.3, 0.4) is 0 Å². The molecule has 0 spiro atoms. The molecule has 4 aliphatic heterocycles. The van der Waals surface area contributed by atoms with Gasteiger partial charge >= 0.3 is 12.2 Å². The predicted molar refractivity (Wildman–Crippen MR) is 161 cm³/mol. The molecule has 0 N–H and O–H groups in total. The van der Waals surface area contributed by atoms with Crippen LogP contribution < -0.4 is 0 Å². The van der Waals surface area contributed by atoms with Gasteiger partial charge in [0.1, 0.15) is 11.2 Å². The molecule has 4 bridgehead atoms. The van der Waals surface area contributed by atoms with Crippen molar-refractivity contribution in [2.24, 2.45) is 5.92 Å². The third-order valence-electron chi connectivity index (χ3n) is 7.57. The quantitative estimate of drug-likeness (QED) is 0.256. The van der Waals surface area contributed by atoms with Crippen LogP contribution in [0.5, 0.6) is 0 Å². The van der Waals surface area contributed by atoms with Gasteiger partial charge in [0, 0.05) is 16.0 Å². The standard InChI is InChI=1S/C18H20IN3O2.C13H18N2O2/c1-17(2,3)24-16(23)22-14-4-5-15(22)8-18(7-14,11-20)12-6-13(19)10-21-9-12;1-13(2,3)17-12(16)15-10-4-5-11(15)7-9(6-10)8-14/h4-6,9-10,14-15H,7-8H2,1-3H3;4-5,9-11H,6-7H2,1-3H3/t14-,15+,18?;9?,10-,11+. The number of rotatable bonds is 1. The Morgan fingerprint density at radius 1 is 0.878 bits per heavy atom. The summed E-state index contributed by atoms with van der Waals surface area (Å²) in [5.41, 5.74) is -0.687. The third kappa shape index (κ3) is 7.03. The van der Waals surface area contributed by atoms with E-state index in [9.17, 15) is 14.9 Å². The number of aromatic nitrogens is 1. The summed E-state index contributed by atoms with van der Waals surface area (Å²) in [5.74, 6) is 0.0543. The van der Waals surface area contributed by atoms with Gasteiger partial charge in [-0.05, 0) is 101 Å². The molecule has 5 heterocycles. The number of pyridine rings is 1. The Bertz CT molecular complexity index is 1280. The normalized spacial score (nSPS) is 29.6. The average molecular weight is 672 g/mol. The number of nitrogens with zero attached hydrogens (tertiary/aromatic N) is 5. The number of piperidine rings is 2. The summed E-state index contributed by atoms with van der Waals surface area (Å²) in [7, 11) is 0. The number of hydrogen-bond donors (Lipinski definition) is 0.